The molecule has 18 heavy (non-hydrogen) atoms. The molecule has 1 atom stereocenters. The first kappa shape index (κ1) is 12.7. The van der Waals surface area contributed by atoms with E-state index in [9.17, 15) is 9.59 Å². The minimum Gasteiger partial charge on any atom is -0.338 e. The second kappa shape index (κ2) is 5.75. The van der Waals surface area contributed by atoms with Crippen LogP contribution in [-0.4, -0.2) is 44.7 Å². The zero-order chi connectivity index (χ0) is 13.0. The normalized spacial score (nSPS) is 19.8. The van der Waals surface area contributed by atoms with Crippen LogP contribution in [0.2, 0.25) is 0 Å². The molecule has 1 aliphatic heterocycles. The minimum absolute atomic E-state index is 0.0592. The van der Waals surface area contributed by atoms with Gasteiger partial charge in [-0.3, -0.25) is 9.59 Å². The first-order valence-electron chi connectivity index (χ1n) is 6.39. The van der Waals surface area contributed by atoms with E-state index in [1.165, 1.54) is 17.3 Å². The third-order valence-corrected chi connectivity index (χ3v) is 3.39. The van der Waals surface area contributed by atoms with E-state index in [0.29, 0.717) is 12.3 Å². The number of rotatable bonds is 4. The van der Waals surface area contributed by atoms with Crippen LogP contribution in [0.5, 0.6) is 0 Å². The van der Waals surface area contributed by atoms with Crippen molar-refractivity contribution in [2.24, 2.45) is 0 Å². The zero-order valence-electron chi connectivity index (χ0n) is 10.6. The van der Waals surface area contributed by atoms with Crippen molar-refractivity contribution in [1.82, 2.24) is 19.9 Å². The smallest absolute Gasteiger partial charge is 0.244 e. The Morgan fingerprint density at radius 3 is 3.06 bits per heavy atom. The molecule has 2 rings (SSSR count). The van der Waals surface area contributed by atoms with Crippen LogP contribution in [0.25, 0.3) is 0 Å². The number of carbonyl (C=O) groups excluding carboxylic acids is 2. The van der Waals surface area contributed by atoms with Crippen LogP contribution in [0.3, 0.4) is 0 Å². The zero-order valence-corrected chi connectivity index (χ0v) is 10.6. The fourth-order valence-electron chi connectivity index (χ4n) is 2.43. The summed E-state index contributed by atoms with van der Waals surface area (Å²) in [6, 6.07) is 0.348. The number of hydrogen-bond donors (Lipinski definition) is 0. The van der Waals surface area contributed by atoms with Crippen molar-refractivity contribution in [3.8, 4) is 0 Å². The predicted molar refractivity (Wildman–Crippen MR) is 65.1 cm³/mol. The molecule has 0 spiro atoms. The molecule has 0 aliphatic carbocycles. The van der Waals surface area contributed by atoms with Gasteiger partial charge in [0.2, 0.25) is 5.91 Å². The molecule has 1 amide bonds. The Kier molecular flexibility index (Phi) is 4.07. The highest BCUT2D eigenvalue weighted by atomic mass is 16.2. The van der Waals surface area contributed by atoms with Gasteiger partial charge < -0.3 is 4.90 Å². The van der Waals surface area contributed by atoms with Gasteiger partial charge in [-0.25, -0.2) is 4.68 Å². The average molecular weight is 250 g/mol. The Hall–Kier alpha value is -1.72. The third-order valence-electron chi connectivity index (χ3n) is 3.39. The minimum atomic E-state index is 0.0592. The highest BCUT2D eigenvalue weighted by molar-refractivity contribution is 5.76. The van der Waals surface area contributed by atoms with E-state index in [4.69, 9.17) is 0 Å². The number of hydrogen-bond acceptors (Lipinski definition) is 4. The third kappa shape index (κ3) is 2.75. The van der Waals surface area contributed by atoms with Crippen molar-refractivity contribution in [3.63, 3.8) is 0 Å². The van der Waals surface area contributed by atoms with E-state index in [1.807, 2.05) is 4.90 Å². The van der Waals surface area contributed by atoms with Gasteiger partial charge in [-0.1, -0.05) is 12.1 Å². The molecule has 98 valence electrons. The number of carbonyl (C=O) groups is 2. The second-order valence-corrected chi connectivity index (χ2v) is 4.60. The summed E-state index contributed by atoms with van der Waals surface area (Å²) in [4.78, 5) is 24.6. The fourth-order valence-corrected chi connectivity index (χ4v) is 2.43. The summed E-state index contributed by atoms with van der Waals surface area (Å²) in [7, 11) is 0. The first-order valence-corrected chi connectivity index (χ1v) is 6.39. The van der Waals surface area contributed by atoms with E-state index in [1.54, 1.807) is 0 Å². The van der Waals surface area contributed by atoms with Crippen molar-refractivity contribution in [2.45, 2.75) is 45.2 Å². The van der Waals surface area contributed by atoms with E-state index in [2.05, 4.69) is 17.2 Å². The fraction of sp³-hybridized carbons (Fsp3) is 0.667. The second-order valence-electron chi connectivity index (χ2n) is 4.60. The topological polar surface area (TPSA) is 68.1 Å². The van der Waals surface area contributed by atoms with Crippen molar-refractivity contribution in [2.75, 3.05) is 6.54 Å². The summed E-state index contributed by atoms with van der Waals surface area (Å²) in [5, 5.41) is 7.41. The largest absolute Gasteiger partial charge is 0.338 e. The quantitative estimate of drug-likeness (QED) is 0.744. The van der Waals surface area contributed by atoms with Gasteiger partial charge in [0.25, 0.3) is 0 Å². The lowest BCUT2D eigenvalue weighted by Crippen LogP contribution is -2.44. The molecule has 1 aromatic heterocycles. The van der Waals surface area contributed by atoms with Crippen LogP contribution in [-0.2, 0) is 11.3 Å². The molecule has 1 aliphatic rings. The van der Waals surface area contributed by atoms with Gasteiger partial charge in [-0.05, 0) is 25.7 Å². The lowest BCUT2D eigenvalue weighted by molar-refractivity contribution is -0.135. The molecule has 0 aromatic carbocycles. The van der Waals surface area contributed by atoms with Gasteiger partial charge in [-0.15, -0.1) is 5.10 Å². The molecule has 1 aromatic rings. The van der Waals surface area contributed by atoms with Gasteiger partial charge in [0.1, 0.15) is 12.2 Å². The summed E-state index contributed by atoms with van der Waals surface area (Å²) in [5.41, 5.74) is 0.258. The summed E-state index contributed by atoms with van der Waals surface area (Å²) in [6.07, 6.45) is 6.46. The van der Waals surface area contributed by atoms with Gasteiger partial charge in [0.15, 0.2) is 6.29 Å². The summed E-state index contributed by atoms with van der Waals surface area (Å²) >= 11 is 0. The molecular weight excluding hydrogens is 232 g/mol. The monoisotopic (exact) mass is 250 g/mol. The predicted octanol–water partition coefficient (Wildman–Crippen LogP) is 0.882. The van der Waals surface area contributed by atoms with Gasteiger partial charge in [0.05, 0.1) is 6.20 Å². The number of aldehydes is 1. The number of piperidine rings is 1. The van der Waals surface area contributed by atoms with Crippen molar-refractivity contribution in [1.29, 1.82) is 0 Å². The number of aromatic nitrogens is 3. The Balaban J connectivity index is 1.99. The van der Waals surface area contributed by atoms with E-state index in [0.717, 1.165) is 25.8 Å². The molecule has 0 radical (unpaired) electrons. The Morgan fingerprint density at radius 2 is 2.39 bits per heavy atom. The highest BCUT2D eigenvalue weighted by Crippen LogP contribution is 2.19. The van der Waals surface area contributed by atoms with Crippen molar-refractivity contribution in [3.05, 3.63) is 11.9 Å². The average Bonchev–Trinajstić information content (AvgIpc) is 2.86. The highest BCUT2D eigenvalue weighted by Gasteiger charge is 2.25. The van der Waals surface area contributed by atoms with E-state index < -0.39 is 0 Å². The molecule has 1 fully saturated rings. The molecule has 2 heterocycles. The van der Waals surface area contributed by atoms with Crippen LogP contribution in [0, 0.1) is 0 Å². The molecule has 0 N–H and O–H groups in total. The Bertz CT molecular complexity index is 429. The number of likely N-dealkylation sites (tertiary alicyclic amines) is 1. The maximum absolute atomic E-state index is 12.2. The molecule has 0 bridgehead atoms. The standard InChI is InChI=1S/C12H18N4O2/c1-2-11-5-3-4-6-16(11)12(18)8-15-7-10(9-17)13-14-15/h7,9,11H,2-6,8H2,1H3. The van der Waals surface area contributed by atoms with Crippen LogP contribution < -0.4 is 0 Å². The van der Waals surface area contributed by atoms with Crippen LogP contribution in [0.4, 0.5) is 0 Å². The van der Waals surface area contributed by atoms with Crippen LogP contribution in [0.15, 0.2) is 6.20 Å². The molecule has 6 heteroatoms. The van der Waals surface area contributed by atoms with Gasteiger partial charge in [-0.2, -0.15) is 0 Å². The molecular formula is C12H18N4O2. The number of amides is 1. The van der Waals surface area contributed by atoms with Crippen molar-refractivity contribution < 1.29 is 9.59 Å². The maximum atomic E-state index is 12.2. The van der Waals surface area contributed by atoms with Gasteiger partial charge in [0, 0.05) is 12.6 Å². The molecule has 6 nitrogen and oxygen atoms in total. The summed E-state index contributed by atoms with van der Waals surface area (Å²) in [5.74, 6) is 0.0592. The molecule has 1 saturated heterocycles. The summed E-state index contributed by atoms with van der Waals surface area (Å²) < 4.78 is 1.42. The van der Waals surface area contributed by atoms with Crippen LogP contribution >= 0.6 is 0 Å². The van der Waals surface area contributed by atoms with E-state index in [-0.39, 0.29) is 18.1 Å². The SMILES string of the molecule is CCC1CCCCN1C(=O)Cn1cc(C=O)nn1. The summed E-state index contributed by atoms with van der Waals surface area (Å²) in [6.45, 7) is 3.10. The Labute approximate surface area is 106 Å². The van der Waals surface area contributed by atoms with Crippen molar-refractivity contribution >= 4 is 12.2 Å². The van der Waals surface area contributed by atoms with Crippen LogP contribution in [0.1, 0.15) is 43.1 Å². The van der Waals surface area contributed by atoms with Gasteiger partial charge >= 0.3 is 0 Å². The Morgan fingerprint density at radius 1 is 1.56 bits per heavy atom. The first-order chi connectivity index (χ1) is 8.74. The molecule has 0 saturated carbocycles. The van der Waals surface area contributed by atoms with E-state index >= 15 is 0 Å². The lowest BCUT2D eigenvalue weighted by atomic mass is 10.00. The molecule has 1 unspecified atom stereocenters. The maximum Gasteiger partial charge on any atom is 0.244 e. The lowest BCUT2D eigenvalue weighted by Gasteiger charge is -2.35. The number of nitrogens with zero attached hydrogens (tertiary/aromatic N) is 4.